The zero-order valence-corrected chi connectivity index (χ0v) is 27.7. The van der Waals surface area contributed by atoms with Gasteiger partial charge in [-0.3, -0.25) is 19.0 Å². The van der Waals surface area contributed by atoms with E-state index in [2.05, 4.69) is 13.8 Å². The van der Waals surface area contributed by atoms with Crippen LogP contribution in [0.2, 0.25) is 5.02 Å². The zero-order chi connectivity index (χ0) is 32.2. The van der Waals surface area contributed by atoms with Gasteiger partial charge in [-0.05, 0) is 81.4 Å². The molecule has 1 aliphatic rings. The van der Waals surface area contributed by atoms with E-state index in [0.29, 0.717) is 58.4 Å². The van der Waals surface area contributed by atoms with E-state index in [9.17, 15) is 19.5 Å². The first-order chi connectivity index (χ1) is 21.6. The number of aliphatic carboxylic acids is 1. The fourth-order valence-corrected chi connectivity index (χ4v) is 7.04. The Morgan fingerprint density at radius 3 is 2.38 bits per heavy atom. The third-order valence-corrected chi connectivity index (χ3v) is 9.38. The highest BCUT2D eigenvalue weighted by atomic mass is 35.5. The molecule has 45 heavy (non-hydrogen) atoms. The lowest BCUT2D eigenvalue weighted by molar-refractivity contribution is -0.138. The van der Waals surface area contributed by atoms with E-state index in [-0.39, 0.29) is 17.9 Å². The molecule has 1 saturated heterocycles. The molecule has 1 fully saturated rings. The van der Waals surface area contributed by atoms with Gasteiger partial charge in [0.05, 0.1) is 34.6 Å². The van der Waals surface area contributed by atoms with Gasteiger partial charge in [0.15, 0.2) is 0 Å². The summed E-state index contributed by atoms with van der Waals surface area (Å²) in [5, 5.41) is 12.7. The monoisotopic (exact) mass is 643 g/mol. The van der Waals surface area contributed by atoms with Crippen LogP contribution in [0.3, 0.4) is 0 Å². The Balaban J connectivity index is 1.82. The van der Waals surface area contributed by atoms with Gasteiger partial charge < -0.3 is 10.0 Å². The second-order valence-corrected chi connectivity index (χ2v) is 12.9. The molecule has 1 N–H and O–H groups in total. The average Bonchev–Trinajstić information content (AvgIpc) is 3.51. The summed E-state index contributed by atoms with van der Waals surface area (Å²) in [4.78, 5) is 47.7. The van der Waals surface area contributed by atoms with Crippen molar-refractivity contribution >= 4 is 40.9 Å². The Morgan fingerprint density at radius 2 is 1.76 bits per heavy atom. The number of thiazole rings is 1. The number of carboxylic acids is 1. The van der Waals surface area contributed by atoms with Gasteiger partial charge in [-0.1, -0.05) is 61.4 Å². The molecule has 0 saturated carbocycles. The average molecular weight is 644 g/mol. The molecule has 1 aliphatic heterocycles. The van der Waals surface area contributed by atoms with Gasteiger partial charge in [-0.15, -0.1) is 11.3 Å². The minimum Gasteiger partial charge on any atom is -0.481 e. The van der Waals surface area contributed by atoms with Crippen molar-refractivity contribution in [1.82, 2.24) is 14.5 Å². The van der Waals surface area contributed by atoms with E-state index in [1.807, 2.05) is 55.6 Å². The fourth-order valence-electron chi connectivity index (χ4n) is 6.08. The highest BCUT2D eigenvalue weighted by molar-refractivity contribution is 7.13. The predicted octanol–water partition coefficient (Wildman–Crippen LogP) is 8.30. The van der Waals surface area contributed by atoms with Crippen LogP contribution in [0.15, 0.2) is 64.3 Å². The van der Waals surface area contributed by atoms with Gasteiger partial charge in [-0.25, -0.2) is 4.98 Å². The van der Waals surface area contributed by atoms with Crippen molar-refractivity contribution in [3.8, 4) is 27.5 Å². The van der Waals surface area contributed by atoms with Crippen molar-refractivity contribution in [2.75, 3.05) is 6.54 Å². The van der Waals surface area contributed by atoms with Crippen LogP contribution in [-0.4, -0.2) is 44.0 Å². The van der Waals surface area contributed by atoms with E-state index in [1.54, 1.807) is 27.7 Å². The number of aromatic nitrogens is 2. The van der Waals surface area contributed by atoms with Crippen LogP contribution in [0.5, 0.6) is 0 Å². The van der Waals surface area contributed by atoms with Crippen molar-refractivity contribution in [1.29, 1.82) is 0 Å². The molecule has 4 aromatic rings. The Bertz CT molecular complexity index is 1800. The third kappa shape index (κ3) is 6.82. The number of allylic oxidation sites excluding steroid dienone is 1. The molecule has 0 aliphatic carbocycles. The number of rotatable bonds is 9. The number of piperidine rings is 1. The number of likely N-dealkylation sites (tertiary alicyclic amines) is 1. The molecular weight excluding hydrogens is 606 g/mol. The molecule has 1 atom stereocenters. The number of carboxylic acid groups (broad SMARTS) is 1. The third-order valence-electron chi connectivity index (χ3n) is 8.26. The first-order valence-corrected chi connectivity index (χ1v) is 16.7. The quantitative estimate of drug-likeness (QED) is 0.198. The number of amides is 1. The molecule has 234 valence electrons. The van der Waals surface area contributed by atoms with Crippen LogP contribution in [0.25, 0.3) is 33.6 Å². The number of hydrogen-bond acceptors (Lipinski definition) is 5. The van der Waals surface area contributed by atoms with Gasteiger partial charge in [0.25, 0.3) is 11.5 Å². The lowest BCUT2D eigenvalue weighted by Crippen LogP contribution is -2.45. The van der Waals surface area contributed by atoms with E-state index in [0.717, 1.165) is 40.8 Å². The van der Waals surface area contributed by atoms with Crippen LogP contribution in [0.1, 0.15) is 80.6 Å². The van der Waals surface area contributed by atoms with Crippen molar-refractivity contribution in [3.05, 3.63) is 97.2 Å². The van der Waals surface area contributed by atoms with Gasteiger partial charge in [0, 0.05) is 28.6 Å². The Hall–Kier alpha value is -4.01. The van der Waals surface area contributed by atoms with Gasteiger partial charge >= 0.3 is 5.97 Å². The summed E-state index contributed by atoms with van der Waals surface area (Å²) in [6.07, 6.45) is 5.45. The minimum absolute atomic E-state index is 0.119. The summed E-state index contributed by atoms with van der Waals surface area (Å²) in [5.74, 6) is -1.21. The van der Waals surface area contributed by atoms with Crippen LogP contribution in [0.4, 0.5) is 0 Å². The van der Waals surface area contributed by atoms with Crippen molar-refractivity contribution in [2.45, 2.75) is 72.3 Å². The summed E-state index contributed by atoms with van der Waals surface area (Å²) in [5.41, 5.74) is 6.22. The number of carbonyl (C=O) groups excluding carboxylic acids is 1. The molecule has 5 rings (SSSR count). The van der Waals surface area contributed by atoms with Crippen LogP contribution >= 0.6 is 22.9 Å². The Labute approximate surface area is 272 Å². The lowest BCUT2D eigenvalue weighted by atomic mass is 9.96. The number of pyridine rings is 1. The largest absolute Gasteiger partial charge is 0.481 e. The van der Waals surface area contributed by atoms with Crippen LogP contribution < -0.4 is 5.56 Å². The van der Waals surface area contributed by atoms with Crippen molar-refractivity contribution < 1.29 is 14.7 Å². The summed E-state index contributed by atoms with van der Waals surface area (Å²) in [6.45, 7) is 8.46. The highest BCUT2D eigenvalue weighted by Gasteiger charge is 2.32. The maximum absolute atomic E-state index is 14.7. The Kier molecular flexibility index (Phi) is 10.0. The maximum Gasteiger partial charge on any atom is 0.305 e. The van der Waals surface area contributed by atoms with Gasteiger partial charge in [0.1, 0.15) is 5.01 Å². The summed E-state index contributed by atoms with van der Waals surface area (Å²) >= 11 is 7.46. The molecular formula is C36H38ClN3O4S. The number of nitrogens with zero attached hydrogens (tertiary/aromatic N) is 3. The highest BCUT2D eigenvalue weighted by Crippen LogP contribution is 2.33. The number of para-hydroxylation sites is 1. The van der Waals surface area contributed by atoms with Crippen molar-refractivity contribution in [2.24, 2.45) is 0 Å². The van der Waals surface area contributed by atoms with E-state index in [4.69, 9.17) is 16.6 Å². The number of hydrogen-bond donors (Lipinski definition) is 1. The topological polar surface area (TPSA) is 92.5 Å². The molecule has 0 spiro atoms. The molecule has 2 aromatic heterocycles. The van der Waals surface area contributed by atoms with Crippen LogP contribution in [0, 0.1) is 0 Å². The molecule has 1 amide bonds. The zero-order valence-electron chi connectivity index (χ0n) is 26.1. The standard InChI is InChI=1S/C36H38ClN3O4S/c1-5-23-10-9-11-24(6-2)33(23)40-31(18-22(3)4)28(35(43)39-17-8-7-12-27(39)19-32(41)42)20-29(36(40)44)34-38-30(21-45-34)25-13-15-26(37)16-14-25/h9-11,13-16,18,20-21,27H,5-8,12,17,19H2,1-4H3,(H,41,42). The number of aryl methyl sites for hydroxylation is 2. The van der Waals surface area contributed by atoms with Crippen molar-refractivity contribution in [3.63, 3.8) is 0 Å². The molecule has 2 aromatic carbocycles. The molecule has 0 radical (unpaired) electrons. The fraction of sp³-hybridized carbons (Fsp3) is 0.333. The first kappa shape index (κ1) is 32.4. The summed E-state index contributed by atoms with van der Waals surface area (Å²) in [6, 6.07) is 14.7. The number of halogens is 1. The summed E-state index contributed by atoms with van der Waals surface area (Å²) in [7, 11) is 0. The van der Waals surface area contributed by atoms with Gasteiger partial charge in [0.2, 0.25) is 0 Å². The second kappa shape index (κ2) is 14.0. The van der Waals surface area contributed by atoms with Crippen LogP contribution in [-0.2, 0) is 17.6 Å². The molecule has 0 bridgehead atoms. The second-order valence-electron chi connectivity index (χ2n) is 11.6. The van der Waals surface area contributed by atoms with E-state index < -0.39 is 12.0 Å². The molecule has 9 heteroatoms. The predicted molar refractivity (Wildman–Crippen MR) is 183 cm³/mol. The molecule has 7 nitrogen and oxygen atoms in total. The lowest BCUT2D eigenvalue weighted by Gasteiger charge is -2.35. The normalized spacial score (nSPS) is 14.8. The minimum atomic E-state index is -0.933. The maximum atomic E-state index is 14.7. The Morgan fingerprint density at radius 1 is 1.07 bits per heavy atom. The molecule has 1 unspecified atom stereocenters. The SMILES string of the molecule is CCc1cccc(CC)c1-n1c(C=C(C)C)c(C(=O)N2CCCCC2CC(=O)O)cc(-c2nc(-c3ccc(Cl)cc3)cs2)c1=O. The smallest absolute Gasteiger partial charge is 0.305 e. The van der Waals surface area contributed by atoms with Gasteiger partial charge in [-0.2, -0.15) is 0 Å². The van der Waals surface area contributed by atoms with E-state index >= 15 is 0 Å². The number of benzene rings is 2. The first-order valence-electron chi connectivity index (χ1n) is 15.4. The van der Waals surface area contributed by atoms with E-state index in [1.165, 1.54) is 11.3 Å². The summed E-state index contributed by atoms with van der Waals surface area (Å²) < 4.78 is 1.70. The molecule has 3 heterocycles. The number of carbonyl (C=O) groups is 2.